The fourth-order valence-corrected chi connectivity index (χ4v) is 1.97. The van der Waals surface area contributed by atoms with Gasteiger partial charge in [-0.3, -0.25) is 4.79 Å². The highest BCUT2D eigenvalue weighted by atomic mass is 19.4. The first-order valence-electron chi connectivity index (χ1n) is 6.45. The van der Waals surface area contributed by atoms with E-state index in [1.807, 2.05) is 19.1 Å². The van der Waals surface area contributed by atoms with Gasteiger partial charge in [-0.2, -0.15) is 13.2 Å². The third-order valence-corrected chi connectivity index (χ3v) is 3.06. The fraction of sp³-hybridized carbons (Fsp3) is 0.188. The highest BCUT2D eigenvalue weighted by Gasteiger charge is 2.42. The Morgan fingerprint density at radius 1 is 1.09 bits per heavy atom. The number of hydrogen-bond acceptors (Lipinski definition) is 3. The zero-order chi connectivity index (χ0) is 16.3. The Balaban J connectivity index is 2.47. The quantitative estimate of drug-likeness (QED) is 0.846. The molecule has 0 saturated carbocycles. The van der Waals surface area contributed by atoms with Gasteiger partial charge in [0.15, 0.2) is 0 Å². The fourth-order valence-electron chi connectivity index (χ4n) is 1.97. The number of aryl methyl sites for hydroxylation is 1. The van der Waals surface area contributed by atoms with E-state index in [2.05, 4.69) is 5.32 Å². The van der Waals surface area contributed by atoms with Crippen LogP contribution < -0.4 is 10.1 Å². The van der Waals surface area contributed by atoms with Crippen LogP contribution in [0.1, 0.15) is 15.9 Å². The summed E-state index contributed by atoms with van der Waals surface area (Å²) in [7, 11) is 1.22. The first kappa shape index (κ1) is 15.9. The topological polar surface area (TPSA) is 38.3 Å². The highest BCUT2D eigenvalue weighted by Crippen LogP contribution is 2.34. The summed E-state index contributed by atoms with van der Waals surface area (Å²) >= 11 is 0. The van der Waals surface area contributed by atoms with Crippen LogP contribution in [0.15, 0.2) is 42.5 Å². The highest BCUT2D eigenvalue weighted by molar-refractivity contribution is 6.07. The van der Waals surface area contributed by atoms with Gasteiger partial charge in [-0.25, -0.2) is 0 Å². The molecule has 0 aliphatic carbocycles. The minimum absolute atomic E-state index is 0.0468. The van der Waals surface area contributed by atoms with Crippen molar-refractivity contribution in [2.75, 3.05) is 12.4 Å². The number of ether oxygens (including phenoxy) is 1. The van der Waals surface area contributed by atoms with Crippen molar-refractivity contribution < 1.29 is 22.7 Å². The lowest BCUT2D eigenvalue weighted by atomic mass is 10.1. The number of carbonyl (C=O) groups is 1. The monoisotopic (exact) mass is 309 g/mol. The smallest absolute Gasteiger partial charge is 0.455 e. The molecule has 0 aromatic heterocycles. The average Bonchev–Trinajstić information content (AvgIpc) is 2.47. The van der Waals surface area contributed by atoms with Gasteiger partial charge in [0.05, 0.1) is 18.4 Å². The molecule has 0 amide bonds. The van der Waals surface area contributed by atoms with Crippen LogP contribution >= 0.6 is 0 Å². The SMILES string of the molecule is COc1cccc(Nc2ccc(C)cc2)c1C(=O)C(F)(F)F. The van der Waals surface area contributed by atoms with Crippen molar-refractivity contribution >= 4 is 17.2 Å². The van der Waals surface area contributed by atoms with Crippen LogP contribution in [0.25, 0.3) is 0 Å². The van der Waals surface area contributed by atoms with E-state index in [9.17, 15) is 18.0 Å². The van der Waals surface area contributed by atoms with Crippen molar-refractivity contribution in [2.45, 2.75) is 13.1 Å². The minimum Gasteiger partial charge on any atom is -0.496 e. The molecule has 0 aliphatic rings. The maximum absolute atomic E-state index is 12.8. The molecule has 0 unspecified atom stereocenters. The Morgan fingerprint density at radius 3 is 2.27 bits per heavy atom. The molecule has 0 saturated heterocycles. The molecule has 0 bridgehead atoms. The number of alkyl halides is 3. The van der Waals surface area contributed by atoms with Gasteiger partial charge in [-0.1, -0.05) is 23.8 Å². The lowest BCUT2D eigenvalue weighted by Gasteiger charge is -2.16. The summed E-state index contributed by atoms with van der Waals surface area (Å²) in [4.78, 5) is 11.7. The van der Waals surface area contributed by atoms with Gasteiger partial charge in [-0.05, 0) is 31.2 Å². The molecular weight excluding hydrogens is 295 g/mol. The van der Waals surface area contributed by atoms with Crippen LogP contribution in [-0.2, 0) is 0 Å². The minimum atomic E-state index is -4.97. The van der Waals surface area contributed by atoms with Crippen molar-refractivity contribution in [3.05, 3.63) is 53.6 Å². The lowest BCUT2D eigenvalue weighted by molar-refractivity contribution is -0.0886. The van der Waals surface area contributed by atoms with Crippen LogP contribution in [0.4, 0.5) is 24.5 Å². The molecule has 0 fully saturated rings. The summed E-state index contributed by atoms with van der Waals surface area (Å²) < 4.78 is 43.3. The summed E-state index contributed by atoms with van der Waals surface area (Å²) in [5.41, 5.74) is 1.11. The van der Waals surface area contributed by atoms with E-state index in [-0.39, 0.29) is 11.4 Å². The van der Waals surface area contributed by atoms with E-state index in [0.29, 0.717) is 5.69 Å². The van der Waals surface area contributed by atoms with Gasteiger partial charge < -0.3 is 10.1 Å². The number of anilines is 2. The van der Waals surface area contributed by atoms with Gasteiger partial charge in [0.2, 0.25) is 0 Å². The molecule has 3 nitrogen and oxygen atoms in total. The number of benzene rings is 2. The number of nitrogens with one attached hydrogen (secondary N) is 1. The molecule has 1 N–H and O–H groups in total. The number of hydrogen-bond donors (Lipinski definition) is 1. The molecule has 2 rings (SSSR count). The predicted octanol–water partition coefficient (Wildman–Crippen LogP) is 4.49. The zero-order valence-electron chi connectivity index (χ0n) is 12.0. The normalized spacial score (nSPS) is 11.1. The molecule has 22 heavy (non-hydrogen) atoms. The van der Waals surface area contributed by atoms with Crippen LogP contribution in [-0.4, -0.2) is 19.1 Å². The first-order chi connectivity index (χ1) is 10.3. The van der Waals surface area contributed by atoms with Crippen LogP contribution in [0.3, 0.4) is 0 Å². The molecule has 6 heteroatoms. The number of carbonyl (C=O) groups excluding carboxylic acids is 1. The number of rotatable bonds is 4. The van der Waals surface area contributed by atoms with E-state index >= 15 is 0 Å². The zero-order valence-corrected chi connectivity index (χ0v) is 12.0. The second kappa shape index (κ2) is 6.09. The van der Waals surface area contributed by atoms with E-state index in [0.717, 1.165) is 5.56 Å². The standard InChI is InChI=1S/C16H14F3NO2/c1-10-6-8-11(9-7-10)20-12-4-3-5-13(22-2)14(12)15(21)16(17,18)19/h3-9,20H,1-2H3. The van der Waals surface area contributed by atoms with Gasteiger partial charge >= 0.3 is 6.18 Å². The van der Waals surface area contributed by atoms with Gasteiger partial charge in [0.1, 0.15) is 5.75 Å². The van der Waals surface area contributed by atoms with Crippen molar-refractivity contribution in [1.29, 1.82) is 0 Å². The summed E-state index contributed by atoms with van der Waals surface area (Å²) in [6, 6.07) is 11.3. The molecule has 0 heterocycles. The van der Waals surface area contributed by atoms with Crippen molar-refractivity contribution in [3.8, 4) is 5.75 Å². The number of halogens is 3. The molecule has 0 aliphatic heterocycles. The first-order valence-corrected chi connectivity index (χ1v) is 6.45. The number of Topliss-reactive ketones (excluding diaryl/α,β-unsaturated/α-hetero) is 1. The second-order valence-corrected chi connectivity index (χ2v) is 4.70. The Hall–Kier alpha value is -2.50. The van der Waals surface area contributed by atoms with E-state index in [1.54, 1.807) is 12.1 Å². The Bertz CT molecular complexity index is 679. The van der Waals surface area contributed by atoms with Crippen LogP contribution in [0.5, 0.6) is 5.75 Å². The van der Waals surface area contributed by atoms with E-state index in [1.165, 1.54) is 25.3 Å². The molecule has 0 atom stereocenters. The third kappa shape index (κ3) is 3.39. The number of ketones is 1. The average molecular weight is 309 g/mol. The van der Waals surface area contributed by atoms with Gasteiger partial charge in [-0.15, -0.1) is 0 Å². The van der Waals surface area contributed by atoms with Crippen LogP contribution in [0, 0.1) is 6.92 Å². The predicted molar refractivity (Wildman–Crippen MR) is 77.8 cm³/mol. The van der Waals surface area contributed by atoms with Crippen LogP contribution in [0.2, 0.25) is 0 Å². The van der Waals surface area contributed by atoms with Crippen molar-refractivity contribution in [3.63, 3.8) is 0 Å². The van der Waals surface area contributed by atoms with Gasteiger partial charge in [0, 0.05) is 5.69 Å². The maximum atomic E-state index is 12.8. The molecular formula is C16H14F3NO2. The lowest BCUT2D eigenvalue weighted by Crippen LogP contribution is -2.24. The summed E-state index contributed by atoms with van der Waals surface area (Å²) in [5, 5.41) is 2.83. The number of methoxy groups -OCH3 is 1. The van der Waals surface area contributed by atoms with Crippen molar-refractivity contribution in [1.82, 2.24) is 0 Å². The molecule has 2 aromatic rings. The largest absolute Gasteiger partial charge is 0.496 e. The summed E-state index contributed by atoms with van der Waals surface area (Å²) in [5.74, 6) is -2.07. The molecule has 116 valence electrons. The molecule has 2 aromatic carbocycles. The summed E-state index contributed by atoms with van der Waals surface area (Å²) in [6.45, 7) is 1.90. The maximum Gasteiger partial charge on any atom is 0.455 e. The summed E-state index contributed by atoms with van der Waals surface area (Å²) in [6.07, 6.45) is -4.97. The Labute approximate surface area is 125 Å². The Morgan fingerprint density at radius 2 is 1.73 bits per heavy atom. The Kier molecular flexibility index (Phi) is 4.40. The van der Waals surface area contributed by atoms with Gasteiger partial charge in [0.25, 0.3) is 5.78 Å². The van der Waals surface area contributed by atoms with E-state index in [4.69, 9.17) is 4.74 Å². The second-order valence-electron chi connectivity index (χ2n) is 4.70. The van der Waals surface area contributed by atoms with E-state index < -0.39 is 17.5 Å². The molecule has 0 radical (unpaired) electrons. The third-order valence-electron chi connectivity index (χ3n) is 3.06. The molecule has 0 spiro atoms. The van der Waals surface area contributed by atoms with Crippen molar-refractivity contribution in [2.24, 2.45) is 0 Å².